The number of quaternary nitrogens is 2. The maximum absolute atomic E-state index is 14.9. The number of nitrogens with two attached hydrogens (primary N) is 2. The summed E-state index contributed by atoms with van der Waals surface area (Å²) in [4.78, 5) is 19.7. The van der Waals surface area contributed by atoms with Gasteiger partial charge in [-0.05, 0) is 30.3 Å². The van der Waals surface area contributed by atoms with Gasteiger partial charge in [0.2, 0.25) is 0 Å². The third-order valence-electron chi connectivity index (χ3n) is 5.00. The van der Waals surface area contributed by atoms with E-state index in [2.05, 4.69) is 10.1 Å². The minimum Gasteiger partial charge on any atom is -0.438 e. The lowest BCUT2D eigenvalue weighted by Crippen LogP contribution is -2.81. The number of nitrogens with one attached hydrogen (secondary N) is 2. The third kappa shape index (κ3) is 5.50. The molecule has 1 aromatic carbocycles. The van der Waals surface area contributed by atoms with Gasteiger partial charge in [-0.15, -0.1) is 0 Å². The van der Waals surface area contributed by atoms with Gasteiger partial charge in [-0.1, -0.05) is 0 Å². The molecule has 10 nitrogen and oxygen atoms in total. The predicted octanol–water partition coefficient (Wildman–Crippen LogP) is 0.885. The molecule has 0 radical (unpaired) electrons. The van der Waals surface area contributed by atoms with Crippen molar-refractivity contribution in [2.45, 2.75) is 6.10 Å². The second-order valence-electron chi connectivity index (χ2n) is 7.15. The number of aromatic nitrogens is 1. The molecule has 0 aliphatic carbocycles. The monoisotopic (exact) mass is 442 g/mol. The van der Waals surface area contributed by atoms with Gasteiger partial charge < -0.3 is 20.3 Å². The number of halogens is 1. The number of pyridine rings is 1. The zero-order valence-corrected chi connectivity index (χ0v) is 17.7. The van der Waals surface area contributed by atoms with Crippen molar-refractivity contribution in [2.24, 2.45) is 5.11 Å². The van der Waals surface area contributed by atoms with E-state index in [4.69, 9.17) is 15.7 Å². The van der Waals surface area contributed by atoms with Crippen molar-refractivity contribution in [3.63, 3.8) is 0 Å². The quantitative estimate of drug-likeness (QED) is 0.233. The van der Waals surface area contributed by atoms with Crippen molar-refractivity contribution in [1.82, 2.24) is 4.98 Å². The summed E-state index contributed by atoms with van der Waals surface area (Å²) in [5.41, 5.74) is 8.10. The van der Waals surface area contributed by atoms with Gasteiger partial charge in [-0.3, -0.25) is 10.3 Å². The Morgan fingerprint density at radius 2 is 2.25 bits per heavy atom. The van der Waals surface area contributed by atoms with E-state index in [1.807, 2.05) is 12.4 Å². The Labute approximate surface area is 185 Å². The molecule has 2 heterocycles. The van der Waals surface area contributed by atoms with Gasteiger partial charge >= 0.3 is 6.09 Å². The average Bonchev–Trinajstić information content (AvgIpc) is 3.18. The fourth-order valence-electron chi connectivity index (χ4n) is 3.32. The van der Waals surface area contributed by atoms with Gasteiger partial charge in [0.1, 0.15) is 30.6 Å². The predicted molar refractivity (Wildman–Crippen MR) is 117 cm³/mol. The Balaban J connectivity index is 1.70. The number of ether oxygens (including phenoxy) is 1. The standard InChI is InChI=1S/C21H25FN8O2/c1-25-8-9-29(14-23)20-5-2-15(11-27-20)18-4-3-16(10-19(18)22)30-13-17(32-21(30)31)12-26-6-7-28-24/h2-7,10-11,14,17,23-26H,8-9,12-13H2,1H3/p+2/b7-6-,23-14?,28-24?/t17-/m0/s1. The summed E-state index contributed by atoms with van der Waals surface area (Å²) >= 11 is 0. The molecule has 0 saturated carbocycles. The highest BCUT2D eigenvalue weighted by Crippen LogP contribution is 2.29. The van der Waals surface area contributed by atoms with Crippen molar-refractivity contribution >= 4 is 23.9 Å². The summed E-state index contributed by atoms with van der Waals surface area (Å²) < 4.78 is 20.2. The lowest BCUT2D eigenvalue weighted by atomic mass is 10.1. The molecule has 0 spiro atoms. The number of nitrogens with zero attached hydrogens (tertiary/aromatic N) is 4. The summed E-state index contributed by atoms with van der Waals surface area (Å²) in [5.74, 6) is 0.154. The molecule has 1 saturated heterocycles. The zero-order chi connectivity index (χ0) is 22.9. The Morgan fingerprint density at radius 1 is 1.41 bits per heavy atom. The van der Waals surface area contributed by atoms with Gasteiger partial charge in [0.05, 0.1) is 38.7 Å². The van der Waals surface area contributed by atoms with Crippen molar-refractivity contribution in [3.8, 4) is 11.1 Å². The molecule has 2 aromatic rings. The van der Waals surface area contributed by atoms with Gasteiger partial charge in [-0.2, -0.15) is 5.11 Å². The maximum Gasteiger partial charge on any atom is 0.414 e. The van der Waals surface area contributed by atoms with Crippen molar-refractivity contribution in [3.05, 3.63) is 54.7 Å². The Kier molecular flexibility index (Phi) is 7.95. The number of amides is 1. The van der Waals surface area contributed by atoms with Crippen LogP contribution in [0.25, 0.3) is 11.1 Å². The topological polar surface area (TPSA) is 139 Å². The normalized spacial score (nSPS) is 15.8. The average molecular weight is 442 g/mol. The van der Waals surface area contributed by atoms with E-state index in [9.17, 15) is 9.18 Å². The first-order valence-electron chi connectivity index (χ1n) is 10.2. The number of carbonyl (C=O) groups is 1. The highest BCUT2D eigenvalue weighted by atomic mass is 19.1. The largest absolute Gasteiger partial charge is 0.438 e. The van der Waals surface area contributed by atoms with Crippen LogP contribution in [0.15, 0.2) is 54.0 Å². The van der Waals surface area contributed by atoms with Crippen LogP contribution >= 0.6 is 0 Å². The third-order valence-corrected chi connectivity index (χ3v) is 5.00. The molecule has 1 aromatic heterocycles. The van der Waals surface area contributed by atoms with E-state index in [-0.39, 0.29) is 6.10 Å². The number of carbonyl (C=O) groups excluding carboxylic acids is 1. The summed E-state index contributed by atoms with van der Waals surface area (Å²) in [6.07, 6.45) is 4.87. The maximum atomic E-state index is 14.9. The number of benzene rings is 1. The van der Waals surface area contributed by atoms with E-state index in [0.717, 1.165) is 6.54 Å². The Hall–Kier alpha value is -3.70. The second-order valence-corrected chi connectivity index (χ2v) is 7.15. The van der Waals surface area contributed by atoms with E-state index >= 15 is 0 Å². The molecule has 32 heavy (non-hydrogen) atoms. The van der Waals surface area contributed by atoms with Crippen LogP contribution in [-0.2, 0) is 4.74 Å². The van der Waals surface area contributed by atoms with Crippen LogP contribution in [0.2, 0.25) is 0 Å². The van der Waals surface area contributed by atoms with E-state index < -0.39 is 11.9 Å². The molecule has 1 fully saturated rings. The molecule has 6 N–H and O–H groups in total. The number of hydrogen-bond donors (Lipinski definition) is 4. The smallest absolute Gasteiger partial charge is 0.414 e. The fraction of sp³-hybridized carbons (Fsp3) is 0.286. The van der Waals surface area contributed by atoms with E-state index in [1.165, 1.54) is 23.5 Å². The van der Waals surface area contributed by atoms with Gasteiger partial charge in [0.25, 0.3) is 0 Å². The van der Waals surface area contributed by atoms with Gasteiger partial charge in [0.15, 0.2) is 6.10 Å². The van der Waals surface area contributed by atoms with Gasteiger partial charge in [0, 0.05) is 17.3 Å². The zero-order valence-electron chi connectivity index (χ0n) is 17.7. The first kappa shape index (κ1) is 23.0. The molecule has 0 unspecified atom stereocenters. The number of cyclic esters (lactones) is 1. The summed E-state index contributed by atoms with van der Waals surface area (Å²) in [6, 6.07) is 8.13. The van der Waals surface area contributed by atoms with Crippen LogP contribution in [0.3, 0.4) is 0 Å². The van der Waals surface area contributed by atoms with Crippen LogP contribution in [0.4, 0.5) is 20.7 Å². The first-order chi connectivity index (χ1) is 15.6. The molecule has 1 amide bonds. The van der Waals surface area contributed by atoms with Crippen molar-refractivity contribution in [2.75, 3.05) is 43.0 Å². The number of hydrogen-bond acceptors (Lipinski definition) is 6. The number of anilines is 2. The van der Waals surface area contributed by atoms with Crippen LogP contribution in [0.5, 0.6) is 0 Å². The van der Waals surface area contributed by atoms with Crippen molar-refractivity contribution in [1.29, 1.82) is 10.9 Å². The summed E-state index contributed by atoms with van der Waals surface area (Å²) in [6.45, 7) is 2.27. The number of likely N-dealkylation sites (N-methyl/N-ethyl adjacent to an activating group) is 1. The molecule has 1 atom stereocenters. The second kappa shape index (κ2) is 11.1. The van der Waals surface area contributed by atoms with Gasteiger partial charge in [-0.25, -0.2) is 19.7 Å². The Bertz CT molecular complexity index is 982. The molecule has 1 aliphatic heterocycles. The van der Waals surface area contributed by atoms with Crippen molar-refractivity contribution < 1.29 is 24.6 Å². The molecule has 0 bridgehead atoms. The lowest BCUT2D eigenvalue weighted by molar-refractivity contribution is -0.624. The van der Waals surface area contributed by atoms with E-state index in [0.29, 0.717) is 42.3 Å². The highest BCUT2D eigenvalue weighted by Gasteiger charge is 2.33. The van der Waals surface area contributed by atoms with Crippen LogP contribution < -0.4 is 20.4 Å². The molecular weight excluding hydrogens is 415 g/mol. The van der Waals surface area contributed by atoms with Crippen LogP contribution in [0, 0.1) is 16.8 Å². The number of rotatable bonds is 11. The van der Waals surface area contributed by atoms with E-state index in [1.54, 1.807) is 46.9 Å². The molecule has 168 valence electrons. The molecular formula is C21H27FN8O2+2. The highest BCUT2D eigenvalue weighted by molar-refractivity contribution is 5.90. The Morgan fingerprint density at radius 3 is 2.91 bits per heavy atom. The lowest BCUT2D eigenvalue weighted by Gasteiger charge is -2.17. The van der Waals surface area contributed by atoms with Crippen LogP contribution in [0.1, 0.15) is 0 Å². The molecule has 11 heteroatoms. The summed E-state index contributed by atoms with van der Waals surface area (Å²) in [5, 5.41) is 14.4. The first-order valence-corrected chi connectivity index (χ1v) is 10.2. The minimum atomic E-state index is -0.521. The molecule has 3 rings (SSSR count). The van der Waals surface area contributed by atoms with Crippen LogP contribution in [-0.4, -0.2) is 56.7 Å². The fourth-order valence-corrected chi connectivity index (χ4v) is 3.32. The summed E-state index contributed by atoms with van der Waals surface area (Å²) in [7, 11) is 1.96. The SMILES string of the molecule is C[NH2+]CCN(C=N)c1ccc(-c2ccc(N3C[C@H](C[NH2+]/C=C\N=N)OC3=O)cc2F)cn1. The minimum absolute atomic E-state index is 0.310. The molecule has 1 aliphatic rings.